The Bertz CT molecular complexity index is 1310. The summed E-state index contributed by atoms with van der Waals surface area (Å²) in [7, 11) is 0. The van der Waals surface area contributed by atoms with Crippen molar-refractivity contribution in [1.82, 2.24) is 9.97 Å². The number of hydrogen-bond donors (Lipinski definition) is 1. The molecule has 5 rings (SSSR count). The lowest BCUT2D eigenvalue weighted by atomic mass is 9.72. The zero-order chi connectivity index (χ0) is 21.0. The smallest absolute Gasteiger partial charge is 0.260 e. The fraction of sp³-hybridized carbons (Fsp3) is 0.333. The largest absolute Gasteiger partial charge is 0.453 e. The highest BCUT2D eigenvalue weighted by Crippen LogP contribution is 2.42. The molecular formula is C24H23ClN2O2S. The lowest BCUT2D eigenvalue weighted by molar-refractivity contribution is 0.218. The van der Waals surface area contributed by atoms with E-state index < -0.39 is 0 Å². The van der Waals surface area contributed by atoms with Crippen molar-refractivity contribution in [3.8, 4) is 22.9 Å². The van der Waals surface area contributed by atoms with Crippen LogP contribution in [-0.4, -0.2) is 9.97 Å². The molecule has 3 heterocycles. The molecule has 3 aromatic heterocycles. The number of furan rings is 1. The van der Waals surface area contributed by atoms with E-state index in [-0.39, 0.29) is 11.0 Å². The number of hydrogen-bond acceptors (Lipinski definition) is 4. The molecule has 0 unspecified atom stereocenters. The summed E-state index contributed by atoms with van der Waals surface area (Å²) in [5.41, 5.74) is 2.18. The average molecular weight is 439 g/mol. The van der Waals surface area contributed by atoms with Crippen molar-refractivity contribution in [2.24, 2.45) is 11.3 Å². The number of aromatic amines is 1. The Labute approximate surface area is 183 Å². The van der Waals surface area contributed by atoms with Gasteiger partial charge in [0.05, 0.1) is 10.4 Å². The Morgan fingerprint density at radius 1 is 1.17 bits per heavy atom. The van der Waals surface area contributed by atoms with Gasteiger partial charge in [0.25, 0.3) is 5.56 Å². The van der Waals surface area contributed by atoms with E-state index in [9.17, 15) is 4.79 Å². The molecule has 0 radical (unpaired) electrons. The summed E-state index contributed by atoms with van der Waals surface area (Å²) in [6.07, 6.45) is 3.08. The molecule has 0 fully saturated rings. The number of halogens is 1. The van der Waals surface area contributed by atoms with Gasteiger partial charge in [-0.05, 0) is 60.4 Å². The number of nitrogens with zero attached hydrogens (tertiary/aromatic N) is 1. The van der Waals surface area contributed by atoms with Gasteiger partial charge in [0, 0.05) is 10.4 Å². The first-order valence-corrected chi connectivity index (χ1v) is 11.4. The van der Waals surface area contributed by atoms with Crippen molar-refractivity contribution in [3.05, 3.63) is 62.2 Å². The Morgan fingerprint density at radius 2 is 1.93 bits per heavy atom. The fourth-order valence-corrected chi connectivity index (χ4v) is 5.84. The van der Waals surface area contributed by atoms with Gasteiger partial charge in [-0.1, -0.05) is 44.5 Å². The molecule has 1 atom stereocenters. The summed E-state index contributed by atoms with van der Waals surface area (Å²) in [6, 6.07) is 11.2. The summed E-state index contributed by atoms with van der Waals surface area (Å²) >= 11 is 7.94. The number of thiophene rings is 1. The number of aryl methyl sites for hydroxylation is 1. The summed E-state index contributed by atoms with van der Waals surface area (Å²) < 4.78 is 5.99. The van der Waals surface area contributed by atoms with E-state index in [1.54, 1.807) is 11.3 Å². The second-order valence-corrected chi connectivity index (χ2v) is 10.5. The number of nitrogens with one attached hydrogen (secondary N) is 1. The number of rotatable bonds is 2. The highest BCUT2D eigenvalue weighted by Gasteiger charge is 2.31. The van der Waals surface area contributed by atoms with Crippen LogP contribution in [0.1, 0.15) is 37.6 Å². The molecule has 0 bridgehead atoms. The molecule has 4 aromatic rings. The van der Waals surface area contributed by atoms with E-state index in [2.05, 4.69) is 25.8 Å². The van der Waals surface area contributed by atoms with Crippen molar-refractivity contribution in [1.29, 1.82) is 0 Å². The predicted molar refractivity (Wildman–Crippen MR) is 123 cm³/mol. The molecule has 0 spiro atoms. The number of H-pyrrole nitrogens is 1. The normalized spacial score (nSPS) is 16.7. The monoisotopic (exact) mass is 438 g/mol. The average Bonchev–Trinajstić information content (AvgIpc) is 3.31. The summed E-state index contributed by atoms with van der Waals surface area (Å²) in [4.78, 5) is 22.8. The maximum atomic E-state index is 13.0. The van der Waals surface area contributed by atoms with Gasteiger partial charge in [-0.15, -0.1) is 11.3 Å². The lowest BCUT2D eigenvalue weighted by Crippen LogP contribution is -2.26. The molecular weight excluding hydrogens is 416 g/mol. The number of aromatic nitrogens is 2. The maximum absolute atomic E-state index is 13.0. The molecule has 0 saturated heterocycles. The second-order valence-electron chi connectivity index (χ2n) is 9.05. The molecule has 1 aliphatic rings. The number of benzene rings is 1. The Hall–Kier alpha value is -2.37. The zero-order valence-electron chi connectivity index (χ0n) is 17.2. The topological polar surface area (TPSA) is 58.9 Å². The third kappa shape index (κ3) is 3.30. The van der Waals surface area contributed by atoms with Crippen LogP contribution < -0.4 is 5.56 Å². The predicted octanol–water partition coefficient (Wildman–Crippen LogP) is 6.72. The minimum absolute atomic E-state index is 0.0857. The lowest BCUT2D eigenvalue weighted by Gasteiger charge is -2.33. The van der Waals surface area contributed by atoms with Crippen LogP contribution in [0.3, 0.4) is 0 Å². The van der Waals surface area contributed by atoms with Crippen LogP contribution in [0.5, 0.6) is 0 Å². The van der Waals surface area contributed by atoms with Crippen LogP contribution in [0.25, 0.3) is 33.1 Å². The summed E-state index contributed by atoms with van der Waals surface area (Å²) in [5.74, 6) is 2.26. The molecule has 1 N–H and O–H groups in total. The van der Waals surface area contributed by atoms with E-state index in [1.165, 1.54) is 10.4 Å². The molecule has 0 aliphatic heterocycles. The van der Waals surface area contributed by atoms with Gasteiger partial charge < -0.3 is 9.40 Å². The summed E-state index contributed by atoms with van der Waals surface area (Å²) in [5, 5.41) is 1.37. The van der Waals surface area contributed by atoms with Crippen LogP contribution in [0.2, 0.25) is 5.02 Å². The van der Waals surface area contributed by atoms with E-state index in [0.29, 0.717) is 28.3 Å². The Morgan fingerprint density at radius 3 is 2.70 bits per heavy atom. The molecule has 1 aromatic carbocycles. The van der Waals surface area contributed by atoms with Crippen LogP contribution in [0.15, 0.2) is 45.6 Å². The van der Waals surface area contributed by atoms with E-state index in [0.717, 1.165) is 35.0 Å². The molecule has 0 saturated carbocycles. The molecule has 154 valence electrons. The van der Waals surface area contributed by atoms with Gasteiger partial charge in [-0.2, -0.15) is 0 Å². The van der Waals surface area contributed by atoms with Gasteiger partial charge in [0.15, 0.2) is 11.6 Å². The van der Waals surface area contributed by atoms with Crippen LogP contribution in [-0.2, 0) is 12.8 Å². The standard InChI is InChI=1S/C24H23ClN2O2S/c1-24(2,3)13-8-9-15-19(12-13)30-23-20(15)22(28)26-21(27-23)18-11-10-17(29-18)14-6-4-5-7-16(14)25/h4-7,10-11,13H,8-9,12H2,1-3H3,(H,26,27,28)/t13-/m0/s1. The first kappa shape index (κ1) is 19.6. The fourth-order valence-electron chi connectivity index (χ4n) is 4.31. The Kier molecular flexibility index (Phi) is 4.64. The van der Waals surface area contributed by atoms with Crippen molar-refractivity contribution >= 4 is 33.2 Å². The van der Waals surface area contributed by atoms with Crippen molar-refractivity contribution in [3.63, 3.8) is 0 Å². The van der Waals surface area contributed by atoms with Crippen molar-refractivity contribution in [2.45, 2.75) is 40.0 Å². The first-order valence-electron chi connectivity index (χ1n) is 10.2. The SMILES string of the molecule is CC(C)(C)[C@H]1CCc2c(sc3nc(-c4ccc(-c5ccccc5Cl)o4)[nH]c(=O)c23)C1. The summed E-state index contributed by atoms with van der Waals surface area (Å²) in [6.45, 7) is 6.89. The van der Waals surface area contributed by atoms with Crippen LogP contribution >= 0.6 is 22.9 Å². The van der Waals surface area contributed by atoms with E-state index in [1.807, 2.05) is 36.4 Å². The molecule has 1 aliphatic carbocycles. The minimum atomic E-state index is -0.0857. The third-order valence-corrected chi connectivity index (χ3v) is 7.60. The first-order chi connectivity index (χ1) is 14.3. The highest BCUT2D eigenvalue weighted by molar-refractivity contribution is 7.18. The van der Waals surface area contributed by atoms with E-state index >= 15 is 0 Å². The number of fused-ring (bicyclic) bond motifs is 3. The Balaban J connectivity index is 1.55. The van der Waals surface area contributed by atoms with Crippen molar-refractivity contribution < 1.29 is 4.42 Å². The highest BCUT2D eigenvalue weighted by atomic mass is 35.5. The van der Waals surface area contributed by atoms with E-state index in [4.69, 9.17) is 21.0 Å². The second kappa shape index (κ2) is 7.10. The molecule has 4 nitrogen and oxygen atoms in total. The maximum Gasteiger partial charge on any atom is 0.260 e. The molecule has 0 amide bonds. The van der Waals surface area contributed by atoms with Gasteiger partial charge in [-0.3, -0.25) is 4.79 Å². The van der Waals surface area contributed by atoms with Gasteiger partial charge >= 0.3 is 0 Å². The van der Waals surface area contributed by atoms with Gasteiger partial charge in [0.2, 0.25) is 0 Å². The molecule has 30 heavy (non-hydrogen) atoms. The van der Waals surface area contributed by atoms with Crippen LogP contribution in [0.4, 0.5) is 0 Å². The third-order valence-electron chi connectivity index (χ3n) is 6.12. The van der Waals surface area contributed by atoms with Crippen LogP contribution in [0, 0.1) is 11.3 Å². The quantitative estimate of drug-likeness (QED) is 0.378. The van der Waals surface area contributed by atoms with Gasteiger partial charge in [-0.25, -0.2) is 4.98 Å². The van der Waals surface area contributed by atoms with Crippen molar-refractivity contribution in [2.75, 3.05) is 0 Å². The minimum Gasteiger partial charge on any atom is -0.453 e. The zero-order valence-corrected chi connectivity index (χ0v) is 18.8. The van der Waals surface area contributed by atoms with Gasteiger partial charge in [0.1, 0.15) is 10.6 Å². The molecule has 6 heteroatoms.